The van der Waals surface area contributed by atoms with Gasteiger partial charge in [0.2, 0.25) is 0 Å². The summed E-state index contributed by atoms with van der Waals surface area (Å²) in [6, 6.07) is 11.2. The maximum atomic E-state index is 12.8. The Morgan fingerprint density at radius 3 is 2.81 bits per heavy atom. The van der Waals surface area contributed by atoms with Crippen LogP contribution in [0.5, 0.6) is 5.75 Å². The predicted octanol–water partition coefficient (Wildman–Crippen LogP) is 1.81. The lowest BCUT2D eigenvalue weighted by atomic mass is 10.2. The van der Waals surface area contributed by atoms with Crippen LogP contribution in [0.1, 0.15) is 23.0 Å². The lowest BCUT2D eigenvalue weighted by molar-refractivity contribution is 0.0383. The molecule has 2 aromatic rings. The molecule has 0 radical (unpaired) electrons. The fraction of sp³-hybridized carbons (Fsp3) is 0.400. The third-order valence-corrected chi connectivity index (χ3v) is 4.46. The van der Waals surface area contributed by atoms with Gasteiger partial charge in [-0.05, 0) is 25.1 Å². The van der Waals surface area contributed by atoms with Gasteiger partial charge in [-0.3, -0.25) is 9.69 Å². The first-order valence-corrected chi connectivity index (χ1v) is 9.16. The minimum absolute atomic E-state index is 0.267. The number of amides is 1. The first kappa shape index (κ1) is 19.0. The molecule has 0 spiro atoms. The highest BCUT2D eigenvalue weighted by molar-refractivity contribution is 5.96. The van der Waals surface area contributed by atoms with Crippen LogP contribution in [0.2, 0.25) is 0 Å². The van der Waals surface area contributed by atoms with Gasteiger partial charge in [-0.15, -0.1) is 0 Å². The van der Waals surface area contributed by atoms with E-state index >= 15 is 0 Å². The summed E-state index contributed by atoms with van der Waals surface area (Å²) >= 11 is 0. The summed E-state index contributed by atoms with van der Waals surface area (Å²) in [5.74, 6) is 0.401. The molecule has 0 unspecified atom stereocenters. The first-order valence-electron chi connectivity index (χ1n) is 9.16. The fourth-order valence-corrected chi connectivity index (χ4v) is 3.12. The first-order chi connectivity index (χ1) is 13.2. The van der Waals surface area contributed by atoms with Crippen LogP contribution in [0.25, 0.3) is 5.69 Å². The topological polar surface area (TPSA) is 79.5 Å². The van der Waals surface area contributed by atoms with Crippen LogP contribution in [0, 0.1) is 11.3 Å². The van der Waals surface area contributed by atoms with Crippen LogP contribution in [-0.2, 0) is 4.74 Å². The highest BCUT2D eigenvalue weighted by Crippen LogP contribution is 2.26. The van der Waals surface area contributed by atoms with Gasteiger partial charge < -0.3 is 19.4 Å². The zero-order valence-electron chi connectivity index (χ0n) is 15.5. The summed E-state index contributed by atoms with van der Waals surface area (Å²) in [6.07, 6.45) is 1.73. The second-order valence-electron chi connectivity index (χ2n) is 6.17. The Balaban J connectivity index is 1.77. The molecule has 0 bridgehead atoms. The van der Waals surface area contributed by atoms with Gasteiger partial charge in [0.1, 0.15) is 17.5 Å². The van der Waals surface area contributed by atoms with Gasteiger partial charge in [-0.25, -0.2) is 0 Å². The lowest BCUT2D eigenvalue weighted by Crippen LogP contribution is -2.41. The van der Waals surface area contributed by atoms with Crippen LogP contribution >= 0.6 is 0 Å². The van der Waals surface area contributed by atoms with E-state index in [2.05, 4.69) is 16.3 Å². The monoisotopic (exact) mass is 368 g/mol. The number of nitrogens with one attached hydrogen (secondary N) is 1. The highest BCUT2D eigenvalue weighted by atomic mass is 16.5. The van der Waals surface area contributed by atoms with Crippen molar-refractivity contribution in [3.8, 4) is 17.5 Å². The van der Waals surface area contributed by atoms with Crippen molar-refractivity contribution in [2.24, 2.45) is 0 Å². The average molecular weight is 368 g/mol. The molecule has 7 heteroatoms. The van der Waals surface area contributed by atoms with Gasteiger partial charge in [0.25, 0.3) is 5.91 Å². The smallest absolute Gasteiger partial charge is 0.269 e. The molecule has 0 atom stereocenters. The van der Waals surface area contributed by atoms with E-state index in [4.69, 9.17) is 9.47 Å². The van der Waals surface area contributed by atoms with Crippen molar-refractivity contribution in [1.82, 2.24) is 14.8 Å². The zero-order valence-corrected chi connectivity index (χ0v) is 15.5. The Kier molecular flexibility index (Phi) is 6.47. The van der Waals surface area contributed by atoms with Crippen molar-refractivity contribution >= 4 is 5.91 Å². The summed E-state index contributed by atoms with van der Waals surface area (Å²) in [5.41, 5.74) is 1.40. The molecule has 1 aliphatic rings. The number of benzene rings is 1. The molecule has 1 N–H and O–H groups in total. The SMILES string of the molecule is CCOc1ccccc1-n1ccc(C#N)c1C(=O)NCCN1CCOCC1. The van der Waals surface area contributed by atoms with Crippen molar-refractivity contribution in [3.63, 3.8) is 0 Å². The molecule has 3 rings (SSSR count). The number of aromatic nitrogens is 1. The van der Waals surface area contributed by atoms with Crippen molar-refractivity contribution in [1.29, 1.82) is 5.26 Å². The Morgan fingerprint density at radius 2 is 2.07 bits per heavy atom. The molecule has 1 aromatic carbocycles. The lowest BCUT2D eigenvalue weighted by Gasteiger charge is -2.26. The molecule has 2 heterocycles. The van der Waals surface area contributed by atoms with Crippen LogP contribution in [0.4, 0.5) is 0 Å². The third kappa shape index (κ3) is 4.48. The third-order valence-electron chi connectivity index (χ3n) is 4.46. The number of para-hydroxylation sites is 2. The summed E-state index contributed by atoms with van der Waals surface area (Å²) in [5, 5.41) is 12.4. The highest BCUT2D eigenvalue weighted by Gasteiger charge is 2.20. The number of hydrogen-bond donors (Lipinski definition) is 1. The normalized spacial score (nSPS) is 14.5. The molecular formula is C20H24N4O3. The Hall–Kier alpha value is -2.82. The Labute approximate surface area is 159 Å². The molecule has 1 aliphatic heterocycles. The largest absolute Gasteiger partial charge is 0.492 e. The predicted molar refractivity (Wildman–Crippen MR) is 101 cm³/mol. The fourth-order valence-electron chi connectivity index (χ4n) is 3.12. The van der Waals surface area contributed by atoms with Crippen molar-refractivity contribution < 1.29 is 14.3 Å². The van der Waals surface area contributed by atoms with Gasteiger partial charge in [0.05, 0.1) is 31.1 Å². The number of carbonyl (C=O) groups excluding carboxylic acids is 1. The Morgan fingerprint density at radius 1 is 1.30 bits per heavy atom. The molecule has 7 nitrogen and oxygen atoms in total. The minimum Gasteiger partial charge on any atom is -0.492 e. The van der Waals surface area contributed by atoms with E-state index < -0.39 is 0 Å². The van der Waals surface area contributed by atoms with Gasteiger partial charge in [0, 0.05) is 32.4 Å². The second-order valence-corrected chi connectivity index (χ2v) is 6.17. The molecule has 1 aromatic heterocycles. The van der Waals surface area contributed by atoms with E-state index in [0.717, 1.165) is 38.5 Å². The van der Waals surface area contributed by atoms with E-state index in [-0.39, 0.29) is 5.91 Å². The zero-order chi connectivity index (χ0) is 19.1. The summed E-state index contributed by atoms with van der Waals surface area (Å²) in [4.78, 5) is 15.1. The molecule has 0 saturated carbocycles. The molecule has 0 aliphatic carbocycles. The minimum atomic E-state index is -0.267. The van der Waals surface area contributed by atoms with E-state index in [1.165, 1.54) is 0 Å². The summed E-state index contributed by atoms with van der Waals surface area (Å²) < 4.78 is 12.7. The van der Waals surface area contributed by atoms with Crippen LogP contribution < -0.4 is 10.1 Å². The Bertz CT molecular complexity index is 819. The number of carbonyl (C=O) groups is 1. The number of nitriles is 1. The van der Waals surface area contributed by atoms with Crippen LogP contribution in [0.3, 0.4) is 0 Å². The number of hydrogen-bond acceptors (Lipinski definition) is 5. The standard InChI is InChI=1S/C20H24N4O3/c1-2-27-18-6-4-3-5-17(18)24-9-7-16(15-21)19(24)20(25)22-8-10-23-11-13-26-14-12-23/h3-7,9H,2,8,10-14H2,1H3,(H,22,25). The average Bonchev–Trinajstić information content (AvgIpc) is 3.13. The number of nitrogens with zero attached hydrogens (tertiary/aromatic N) is 3. The van der Waals surface area contributed by atoms with Gasteiger partial charge in [0.15, 0.2) is 0 Å². The molecular weight excluding hydrogens is 344 g/mol. The van der Waals surface area contributed by atoms with E-state index in [1.54, 1.807) is 16.8 Å². The molecule has 142 valence electrons. The molecule has 1 amide bonds. The second kappa shape index (κ2) is 9.21. The van der Waals surface area contributed by atoms with E-state index in [1.807, 2.05) is 31.2 Å². The number of morpholine rings is 1. The van der Waals surface area contributed by atoms with Crippen molar-refractivity contribution in [2.45, 2.75) is 6.92 Å². The summed E-state index contributed by atoms with van der Waals surface area (Å²) in [7, 11) is 0. The van der Waals surface area contributed by atoms with Crippen LogP contribution in [0.15, 0.2) is 36.5 Å². The maximum Gasteiger partial charge on any atom is 0.269 e. The molecule has 27 heavy (non-hydrogen) atoms. The molecule has 1 fully saturated rings. The maximum absolute atomic E-state index is 12.8. The van der Waals surface area contributed by atoms with E-state index in [9.17, 15) is 10.1 Å². The van der Waals surface area contributed by atoms with E-state index in [0.29, 0.717) is 30.2 Å². The number of ether oxygens (including phenoxy) is 2. The number of rotatable bonds is 7. The quantitative estimate of drug-likeness (QED) is 0.806. The van der Waals surface area contributed by atoms with Gasteiger partial charge in [-0.2, -0.15) is 5.26 Å². The van der Waals surface area contributed by atoms with Gasteiger partial charge >= 0.3 is 0 Å². The van der Waals surface area contributed by atoms with Gasteiger partial charge in [-0.1, -0.05) is 12.1 Å². The summed E-state index contributed by atoms with van der Waals surface area (Å²) in [6.45, 7) is 6.90. The van der Waals surface area contributed by atoms with Crippen LogP contribution in [-0.4, -0.2) is 61.4 Å². The van der Waals surface area contributed by atoms with Crippen molar-refractivity contribution in [2.75, 3.05) is 46.0 Å². The molecule has 1 saturated heterocycles. The van der Waals surface area contributed by atoms with Crippen molar-refractivity contribution in [3.05, 3.63) is 47.8 Å².